The van der Waals surface area contributed by atoms with Crippen molar-refractivity contribution >= 4 is 28.7 Å². The first kappa shape index (κ1) is 13.4. The number of hydrogen-bond donors (Lipinski definition) is 2. The first-order chi connectivity index (χ1) is 8.99. The number of thiazole rings is 1. The summed E-state index contributed by atoms with van der Waals surface area (Å²) in [4.78, 5) is 18.4. The fourth-order valence-electron chi connectivity index (χ4n) is 1.75. The second kappa shape index (κ2) is 5.27. The van der Waals surface area contributed by atoms with Gasteiger partial charge in [0.15, 0.2) is 0 Å². The first-order valence-corrected chi connectivity index (χ1v) is 6.60. The Bertz CT molecular complexity index is 610. The molecule has 0 atom stereocenters. The molecule has 5 nitrogen and oxygen atoms in total. The average molecular weight is 277 g/mol. The highest BCUT2D eigenvalue weighted by Crippen LogP contribution is 2.23. The molecule has 100 valence electrons. The van der Waals surface area contributed by atoms with Crippen molar-refractivity contribution in [2.75, 3.05) is 17.7 Å². The van der Waals surface area contributed by atoms with Crippen LogP contribution in [0.2, 0.25) is 0 Å². The lowest BCUT2D eigenvalue weighted by Gasteiger charge is -2.19. The highest BCUT2D eigenvalue weighted by atomic mass is 32.1. The number of carbonyl (C=O) groups is 1. The number of hydrogen-bond acceptors (Lipinski definition) is 5. The molecule has 3 N–H and O–H groups in total. The second-order valence-corrected chi connectivity index (χ2v) is 5.23. The van der Waals surface area contributed by atoms with E-state index in [9.17, 15) is 4.79 Å². The van der Waals surface area contributed by atoms with Crippen molar-refractivity contribution in [3.05, 3.63) is 39.8 Å². The zero-order chi connectivity index (χ0) is 14.0. The van der Waals surface area contributed by atoms with Crippen LogP contribution in [0.5, 0.6) is 0 Å². The van der Waals surface area contributed by atoms with Crippen molar-refractivity contribution in [2.24, 2.45) is 0 Å². The Hall–Kier alpha value is -2.08. The van der Waals surface area contributed by atoms with Crippen LogP contribution in [0.3, 0.4) is 0 Å². The third-order valence-electron chi connectivity index (χ3n) is 2.93. The smallest absolute Gasteiger partial charge is 0.337 e. The lowest BCUT2D eigenvalue weighted by atomic mass is 10.1. The van der Waals surface area contributed by atoms with Gasteiger partial charge < -0.3 is 15.7 Å². The summed E-state index contributed by atoms with van der Waals surface area (Å²) in [6, 6.07) is 5.03. The minimum Gasteiger partial charge on any atom is -0.478 e. The van der Waals surface area contributed by atoms with Crippen LogP contribution < -0.4 is 10.6 Å². The van der Waals surface area contributed by atoms with E-state index >= 15 is 0 Å². The maximum atomic E-state index is 11.1. The van der Waals surface area contributed by atoms with Crippen LogP contribution in [0.4, 0.5) is 11.4 Å². The topological polar surface area (TPSA) is 79.5 Å². The molecule has 0 unspecified atom stereocenters. The predicted molar refractivity (Wildman–Crippen MR) is 76.8 cm³/mol. The Balaban J connectivity index is 2.24. The zero-order valence-corrected chi connectivity index (χ0v) is 11.6. The number of rotatable bonds is 4. The van der Waals surface area contributed by atoms with E-state index in [1.165, 1.54) is 0 Å². The SMILES string of the molecule is Cc1ncsc1CN(C)c1ccc(N)c(C(=O)O)c1. The van der Waals surface area contributed by atoms with Crippen LogP contribution in [0.25, 0.3) is 0 Å². The number of nitrogen functional groups attached to an aromatic ring is 1. The van der Waals surface area contributed by atoms with Gasteiger partial charge in [-0.15, -0.1) is 11.3 Å². The van der Waals surface area contributed by atoms with Crippen LogP contribution in [0.1, 0.15) is 20.9 Å². The number of aryl methyl sites for hydroxylation is 1. The van der Waals surface area contributed by atoms with E-state index in [1.54, 1.807) is 23.5 Å². The number of carboxylic acids is 1. The number of anilines is 2. The molecule has 0 saturated heterocycles. The largest absolute Gasteiger partial charge is 0.478 e. The molecule has 0 bridgehead atoms. The third-order valence-corrected chi connectivity index (χ3v) is 3.85. The fourth-order valence-corrected chi connectivity index (χ4v) is 2.58. The van der Waals surface area contributed by atoms with E-state index in [4.69, 9.17) is 10.8 Å². The lowest BCUT2D eigenvalue weighted by Crippen LogP contribution is -2.17. The van der Waals surface area contributed by atoms with E-state index in [0.717, 1.165) is 16.3 Å². The van der Waals surface area contributed by atoms with Gasteiger partial charge in [-0.05, 0) is 25.1 Å². The minimum absolute atomic E-state index is 0.130. The summed E-state index contributed by atoms with van der Waals surface area (Å²) in [6.45, 7) is 2.66. The summed E-state index contributed by atoms with van der Waals surface area (Å²) in [7, 11) is 1.91. The highest BCUT2D eigenvalue weighted by Gasteiger charge is 2.12. The molecule has 0 aliphatic rings. The predicted octanol–water partition coefficient (Wildman–Crippen LogP) is 2.37. The standard InChI is InChI=1S/C13H15N3O2S/c1-8-12(19-7-15-8)6-16(2)9-3-4-11(14)10(5-9)13(17)18/h3-5,7H,6,14H2,1-2H3,(H,17,18). The van der Waals surface area contributed by atoms with Gasteiger partial charge >= 0.3 is 5.97 Å². The van der Waals surface area contributed by atoms with Crippen molar-refractivity contribution in [3.8, 4) is 0 Å². The van der Waals surface area contributed by atoms with E-state index < -0.39 is 5.97 Å². The summed E-state index contributed by atoms with van der Waals surface area (Å²) in [5.41, 5.74) is 9.68. The van der Waals surface area contributed by atoms with Crippen molar-refractivity contribution in [3.63, 3.8) is 0 Å². The molecule has 6 heteroatoms. The second-order valence-electron chi connectivity index (χ2n) is 4.29. The normalized spacial score (nSPS) is 10.4. The van der Waals surface area contributed by atoms with Gasteiger partial charge in [0.25, 0.3) is 0 Å². The number of carboxylic acid groups (broad SMARTS) is 1. The van der Waals surface area contributed by atoms with E-state index in [0.29, 0.717) is 6.54 Å². The number of nitrogens with zero attached hydrogens (tertiary/aromatic N) is 2. The zero-order valence-electron chi connectivity index (χ0n) is 10.8. The third kappa shape index (κ3) is 2.85. The van der Waals surface area contributed by atoms with Gasteiger partial charge in [0.1, 0.15) is 0 Å². The molecular weight excluding hydrogens is 262 g/mol. The molecule has 0 fully saturated rings. The lowest BCUT2D eigenvalue weighted by molar-refractivity contribution is 0.0698. The maximum Gasteiger partial charge on any atom is 0.337 e. The summed E-state index contributed by atoms with van der Waals surface area (Å²) in [5.74, 6) is -1.01. The Morgan fingerprint density at radius 2 is 2.26 bits per heavy atom. The molecule has 0 radical (unpaired) electrons. The molecule has 0 saturated carbocycles. The first-order valence-electron chi connectivity index (χ1n) is 5.72. The summed E-state index contributed by atoms with van der Waals surface area (Å²) in [6.07, 6.45) is 0. The van der Waals surface area contributed by atoms with Crippen molar-refractivity contribution < 1.29 is 9.90 Å². The van der Waals surface area contributed by atoms with E-state index in [1.807, 2.05) is 30.4 Å². The highest BCUT2D eigenvalue weighted by molar-refractivity contribution is 7.09. The number of nitrogens with two attached hydrogens (primary N) is 1. The molecule has 0 aliphatic heterocycles. The van der Waals surface area contributed by atoms with Crippen LogP contribution in [0.15, 0.2) is 23.7 Å². The molecular formula is C13H15N3O2S. The van der Waals surface area contributed by atoms with Crippen LogP contribution in [-0.2, 0) is 6.54 Å². The van der Waals surface area contributed by atoms with Crippen molar-refractivity contribution in [1.82, 2.24) is 4.98 Å². The molecule has 0 aliphatic carbocycles. The van der Waals surface area contributed by atoms with E-state index in [-0.39, 0.29) is 11.3 Å². The molecule has 1 aromatic heterocycles. The summed E-state index contributed by atoms with van der Waals surface area (Å²) >= 11 is 1.59. The Morgan fingerprint density at radius 1 is 1.53 bits per heavy atom. The van der Waals surface area contributed by atoms with E-state index in [2.05, 4.69) is 4.98 Å². The van der Waals surface area contributed by atoms with Crippen LogP contribution >= 0.6 is 11.3 Å². The summed E-state index contributed by atoms with van der Waals surface area (Å²) < 4.78 is 0. The van der Waals surface area contributed by atoms with Gasteiger partial charge in [-0.3, -0.25) is 0 Å². The Kier molecular flexibility index (Phi) is 3.71. The molecule has 2 rings (SSSR count). The van der Waals surface area contributed by atoms with Gasteiger partial charge in [-0.25, -0.2) is 9.78 Å². The van der Waals surface area contributed by atoms with Gasteiger partial charge in [0, 0.05) is 23.3 Å². The Labute approximate surface area is 115 Å². The van der Waals surface area contributed by atoms with Crippen LogP contribution in [0, 0.1) is 6.92 Å². The Morgan fingerprint density at radius 3 is 2.84 bits per heavy atom. The molecule has 0 amide bonds. The average Bonchev–Trinajstić information content (AvgIpc) is 2.75. The van der Waals surface area contributed by atoms with Crippen molar-refractivity contribution in [1.29, 1.82) is 0 Å². The number of aromatic carboxylic acids is 1. The van der Waals surface area contributed by atoms with Crippen LogP contribution in [-0.4, -0.2) is 23.1 Å². The quantitative estimate of drug-likeness (QED) is 0.839. The summed E-state index contributed by atoms with van der Waals surface area (Å²) in [5, 5.41) is 9.07. The molecule has 1 heterocycles. The molecule has 0 spiro atoms. The minimum atomic E-state index is -1.01. The molecule has 1 aromatic carbocycles. The molecule has 19 heavy (non-hydrogen) atoms. The molecule has 2 aromatic rings. The van der Waals surface area contributed by atoms with Gasteiger partial charge in [-0.2, -0.15) is 0 Å². The number of benzene rings is 1. The van der Waals surface area contributed by atoms with Gasteiger partial charge in [0.2, 0.25) is 0 Å². The monoisotopic (exact) mass is 277 g/mol. The van der Waals surface area contributed by atoms with Gasteiger partial charge in [-0.1, -0.05) is 0 Å². The van der Waals surface area contributed by atoms with Crippen molar-refractivity contribution in [2.45, 2.75) is 13.5 Å². The van der Waals surface area contributed by atoms with Gasteiger partial charge in [0.05, 0.1) is 23.3 Å². The number of aromatic nitrogens is 1. The fraction of sp³-hybridized carbons (Fsp3) is 0.231. The maximum absolute atomic E-state index is 11.1.